The number of hydrogen-bond acceptors (Lipinski definition) is 5. The zero-order valence-electron chi connectivity index (χ0n) is 16.6. The van der Waals surface area contributed by atoms with Crippen molar-refractivity contribution in [1.29, 1.82) is 0 Å². The quantitative estimate of drug-likeness (QED) is 0.781. The molecule has 2 aromatic rings. The van der Waals surface area contributed by atoms with Gasteiger partial charge in [0.2, 0.25) is 0 Å². The Balaban J connectivity index is 1.90. The van der Waals surface area contributed by atoms with E-state index in [-0.39, 0.29) is 43.2 Å². The lowest BCUT2D eigenvalue weighted by Crippen LogP contribution is -2.39. The van der Waals surface area contributed by atoms with Crippen LogP contribution in [0.15, 0.2) is 6.07 Å². The molecule has 0 atom stereocenters. The van der Waals surface area contributed by atoms with Crippen molar-refractivity contribution in [3.63, 3.8) is 0 Å². The third-order valence-corrected chi connectivity index (χ3v) is 4.60. The van der Waals surface area contributed by atoms with Crippen molar-refractivity contribution in [3.05, 3.63) is 34.7 Å². The standard InChI is InChI=1S/C18H22F3N5O3/c1-5-29-16(28)13-14(18(19,20)21)22-12-9-25(6-7-26(12)13)15(27)10-8-11(24-23-10)17(2,3)4/h8H,5-7,9H2,1-4H3,(H,23,24). The Labute approximate surface area is 165 Å². The van der Waals surface area contributed by atoms with Crippen molar-refractivity contribution in [2.24, 2.45) is 0 Å². The van der Waals surface area contributed by atoms with E-state index in [1.54, 1.807) is 6.07 Å². The van der Waals surface area contributed by atoms with Crippen molar-refractivity contribution < 1.29 is 27.5 Å². The minimum absolute atomic E-state index is 0.00511. The Morgan fingerprint density at radius 3 is 2.48 bits per heavy atom. The molecule has 1 amide bonds. The van der Waals surface area contributed by atoms with Gasteiger partial charge in [-0.2, -0.15) is 18.3 Å². The third-order valence-electron chi connectivity index (χ3n) is 4.60. The number of aromatic nitrogens is 4. The molecular formula is C18H22F3N5O3. The Morgan fingerprint density at radius 2 is 1.93 bits per heavy atom. The van der Waals surface area contributed by atoms with E-state index in [0.717, 1.165) is 5.69 Å². The first-order valence-corrected chi connectivity index (χ1v) is 9.12. The van der Waals surface area contributed by atoms with Crippen LogP contribution in [0, 0.1) is 0 Å². The van der Waals surface area contributed by atoms with Gasteiger partial charge in [-0.3, -0.25) is 9.89 Å². The topological polar surface area (TPSA) is 93.1 Å². The van der Waals surface area contributed by atoms with Crippen molar-refractivity contribution in [1.82, 2.24) is 24.6 Å². The predicted octanol–water partition coefficient (Wildman–Crippen LogP) is 2.76. The van der Waals surface area contributed by atoms with Gasteiger partial charge in [0, 0.05) is 24.2 Å². The molecule has 11 heteroatoms. The number of ether oxygens (including phenoxy) is 1. The van der Waals surface area contributed by atoms with E-state index in [0.29, 0.717) is 0 Å². The van der Waals surface area contributed by atoms with Crippen molar-refractivity contribution in [2.45, 2.75) is 52.4 Å². The molecule has 2 aromatic heterocycles. The molecule has 0 unspecified atom stereocenters. The van der Waals surface area contributed by atoms with E-state index < -0.39 is 29.4 Å². The van der Waals surface area contributed by atoms with Gasteiger partial charge in [0.05, 0.1) is 13.2 Å². The van der Waals surface area contributed by atoms with E-state index in [1.807, 2.05) is 20.8 Å². The molecule has 0 saturated carbocycles. The Kier molecular flexibility index (Phi) is 5.18. The van der Waals surface area contributed by atoms with Gasteiger partial charge in [-0.1, -0.05) is 20.8 Å². The first kappa shape index (κ1) is 20.9. The average Bonchev–Trinajstić information content (AvgIpc) is 3.25. The van der Waals surface area contributed by atoms with Crippen LogP contribution < -0.4 is 0 Å². The number of amides is 1. The Morgan fingerprint density at radius 1 is 1.24 bits per heavy atom. The lowest BCUT2D eigenvalue weighted by Gasteiger charge is -2.27. The summed E-state index contributed by atoms with van der Waals surface area (Å²) in [6.45, 7) is 7.27. The Bertz CT molecular complexity index is 940. The predicted molar refractivity (Wildman–Crippen MR) is 95.2 cm³/mol. The number of fused-ring (bicyclic) bond motifs is 1. The van der Waals surface area contributed by atoms with E-state index in [1.165, 1.54) is 16.4 Å². The number of imidazole rings is 1. The summed E-state index contributed by atoms with van der Waals surface area (Å²) in [6.07, 6.45) is -4.81. The number of nitrogens with one attached hydrogen (secondary N) is 1. The van der Waals surface area contributed by atoms with Crippen molar-refractivity contribution in [3.8, 4) is 0 Å². The molecule has 0 aliphatic carbocycles. The van der Waals surface area contributed by atoms with Crippen LogP contribution in [0.2, 0.25) is 0 Å². The van der Waals surface area contributed by atoms with E-state index >= 15 is 0 Å². The minimum atomic E-state index is -4.81. The van der Waals surface area contributed by atoms with Crippen LogP contribution in [0.1, 0.15) is 65.9 Å². The molecule has 3 rings (SSSR count). The second kappa shape index (κ2) is 7.20. The van der Waals surface area contributed by atoms with Gasteiger partial charge in [-0.25, -0.2) is 9.78 Å². The van der Waals surface area contributed by atoms with Gasteiger partial charge in [0.1, 0.15) is 11.5 Å². The van der Waals surface area contributed by atoms with Gasteiger partial charge in [-0.05, 0) is 13.0 Å². The largest absolute Gasteiger partial charge is 0.461 e. The molecule has 3 heterocycles. The molecule has 0 aromatic carbocycles. The third kappa shape index (κ3) is 3.99. The van der Waals surface area contributed by atoms with E-state index in [2.05, 4.69) is 15.2 Å². The van der Waals surface area contributed by atoms with Gasteiger partial charge in [0.15, 0.2) is 11.4 Å². The van der Waals surface area contributed by atoms with Gasteiger partial charge in [-0.15, -0.1) is 0 Å². The molecule has 8 nitrogen and oxygen atoms in total. The second-order valence-corrected chi connectivity index (χ2v) is 7.74. The molecule has 158 valence electrons. The minimum Gasteiger partial charge on any atom is -0.461 e. The SMILES string of the molecule is CCOC(=O)c1c(C(F)(F)F)nc2n1CCN(C(=O)c1cc(C(C)(C)C)[nH]n1)C2. The number of carbonyl (C=O) groups is 2. The van der Waals surface area contributed by atoms with Crippen molar-refractivity contribution in [2.75, 3.05) is 13.2 Å². The first-order valence-electron chi connectivity index (χ1n) is 9.12. The molecule has 29 heavy (non-hydrogen) atoms. The molecular weight excluding hydrogens is 391 g/mol. The maximum absolute atomic E-state index is 13.4. The van der Waals surface area contributed by atoms with Gasteiger partial charge >= 0.3 is 12.1 Å². The highest BCUT2D eigenvalue weighted by Crippen LogP contribution is 2.33. The number of rotatable bonds is 3. The van der Waals surface area contributed by atoms with Gasteiger partial charge < -0.3 is 14.2 Å². The number of hydrogen-bond donors (Lipinski definition) is 1. The maximum Gasteiger partial charge on any atom is 0.435 e. The fourth-order valence-corrected chi connectivity index (χ4v) is 3.09. The number of aromatic amines is 1. The number of halogens is 3. The zero-order chi connectivity index (χ0) is 21.6. The van der Waals surface area contributed by atoms with Crippen LogP contribution in [-0.4, -0.2) is 49.7 Å². The van der Waals surface area contributed by atoms with Crippen LogP contribution in [0.25, 0.3) is 0 Å². The number of H-pyrrole nitrogens is 1. The number of esters is 1. The zero-order valence-corrected chi connectivity index (χ0v) is 16.6. The molecule has 0 saturated heterocycles. The average molecular weight is 413 g/mol. The van der Waals surface area contributed by atoms with Crippen LogP contribution >= 0.6 is 0 Å². The lowest BCUT2D eigenvalue weighted by molar-refractivity contribution is -0.141. The molecule has 0 spiro atoms. The molecule has 1 aliphatic heterocycles. The fourth-order valence-electron chi connectivity index (χ4n) is 3.09. The smallest absolute Gasteiger partial charge is 0.435 e. The number of alkyl halides is 3. The number of carbonyl (C=O) groups excluding carboxylic acids is 2. The van der Waals surface area contributed by atoms with Crippen LogP contribution in [0.3, 0.4) is 0 Å². The summed E-state index contributed by atoms with van der Waals surface area (Å²) in [5.74, 6) is -1.52. The summed E-state index contributed by atoms with van der Waals surface area (Å²) in [4.78, 5) is 29.8. The summed E-state index contributed by atoms with van der Waals surface area (Å²) in [5.41, 5.74) is -1.22. The Hall–Kier alpha value is -2.85. The summed E-state index contributed by atoms with van der Waals surface area (Å²) in [7, 11) is 0. The lowest BCUT2D eigenvalue weighted by atomic mass is 9.92. The van der Waals surface area contributed by atoms with Gasteiger partial charge in [0.25, 0.3) is 5.91 Å². The van der Waals surface area contributed by atoms with E-state index in [4.69, 9.17) is 4.74 Å². The maximum atomic E-state index is 13.4. The molecule has 0 bridgehead atoms. The first-order chi connectivity index (χ1) is 13.4. The highest BCUT2D eigenvalue weighted by Gasteiger charge is 2.43. The van der Waals surface area contributed by atoms with Crippen LogP contribution in [-0.2, 0) is 29.4 Å². The van der Waals surface area contributed by atoms with Crippen LogP contribution in [0.4, 0.5) is 13.2 Å². The van der Waals surface area contributed by atoms with E-state index in [9.17, 15) is 22.8 Å². The number of nitrogens with zero attached hydrogens (tertiary/aromatic N) is 4. The second-order valence-electron chi connectivity index (χ2n) is 7.74. The monoisotopic (exact) mass is 413 g/mol. The highest BCUT2D eigenvalue weighted by atomic mass is 19.4. The highest BCUT2D eigenvalue weighted by molar-refractivity contribution is 5.93. The molecule has 1 N–H and O–H groups in total. The van der Waals surface area contributed by atoms with Crippen molar-refractivity contribution >= 4 is 11.9 Å². The summed E-state index contributed by atoms with van der Waals surface area (Å²) in [5, 5.41) is 6.85. The fraction of sp³-hybridized carbons (Fsp3) is 0.556. The van der Waals surface area contributed by atoms with Crippen LogP contribution in [0.5, 0.6) is 0 Å². The molecule has 0 fully saturated rings. The summed E-state index contributed by atoms with van der Waals surface area (Å²) in [6, 6.07) is 1.63. The summed E-state index contributed by atoms with van der Waals surface area (Å²) >= 11 is 0. The molecule has 1 aliphatic rings. The normalized spacial score (nSPS) is 14.7. The molecule has 0 radical (unpaired) electrons. The summed E-state index contributed by atoms with van der Waals surface area (Å²) < 4.78 is 46.1.